The van der Waals surface area contributed by atoms with Gasteiger partial charge in [-0.05, 0) is 72.8 Å². The van der Waals surface area contributed by atoms with Crippen molar-refractivity contribution in [3.63, 3.8) is 0 Å². The van der Waals surface area contributed by atoms with Crippen molar-refractivity contribution in [1.29, 1.82) is 0 Å². The van der Waals surface area contributed by atoms with Gasteiger partial charge in [-0.15, -0.1) is 0 Å². The Morgan fingerprint density at radius 3 is 1.10 bits per heavy atom. The second-order valence-electron chi connectivity index (χ2n) is 8.39. The largest absolute Gasteiger partial charge is 0.297 e. The van der Waals surface area contributed by atoms with Crippen LogP contribution in [0.3, 0.4) is 0 Å². The number of hydrogen-bond acceptors (Lipinski definition) is 10. The summed E-state index contributed by atoms with van der Waals surface area (Å²) in [5.41, 5.74) is 2.35. The van der Waals surface area contributed by atoms with Crippen LogP contribution in [0.15, 0.2) is 164 Å². The molecule has 4 aromatic carbocycles. The molecule has 0 N–H and O–H groups in total. The van der Waals surface area contributed by atoms with E-state index in [1.54, 1.807) is 24.3 Å². The van der Waals surface area contributed by atoms with Crippen LogP contribution in [0.4, 0.5) is 22.7 Å². The van der Waals surface area contributed by atoms with Crippen LogP contribution in [0.2, 0.25) is 0 Å². The lowest BCUT2D eigenvalue weighted by atomic mass is 10.3. The predicted molar refractivity (Wildman–Crippen MR) is 159 cm³/mol. The molecule has 0 spiro atoms. The molecular weight excluding hydrogens is 576 g/mol. The second kappa shape index (κ2) is 14.8. The number of rotatable bonds is 13. The highest BCUT2D eigenvalue weighted by atomic mass is 32.2. The molecule has 0 heterocycles. The Balaban J connectivity index is 1.19. The fourth-order valence-corrected chi connectivity index (χ4v) is 4.97. The standard InChI is InChI=1S/C30H26N4O6S2/c35-41(36,29-19-15-27(16-20-29)33-31-25-11-5-3-6-12-25)39-23-9-1-2-10-24-40-42(37,38)30-21-17-28(18-22-30)34-32-26-13-7-4-8-14-26/h1-22H,23-24H2/b9-1+,10-2+,33-31?,34-32?. The molecule has 12 heteroatoms. The first kappa shape index (κ1) is 30.3. The molecule has 4 rings (SSSR count). The SMILES string of the molecule is O=S(=O)(OC/C=C/C=C/COS(=O)(=O)c1ccc(N=Nc2ccccc2)cc1)c1ccc(N=Nc2ccccc2)cc1. The Labute approximate surface area is 244 Å². The highest BCUT2D eigenvalue weighted by molar-refractivity contribution is 7.87. The Kier molecular flexibility index (Phi) is 10.7. The van der Waals surface area contributed by atoms with E-state index in [1.165, 1.54) is 72.8 Å². The third kappa shape index (κ3) is 9.49. The maximum absolute atomic E-state index is 12.4. The van der Waals surface area contributed by atoms with Crippen LogP contribution in [0, 0.1) is 0 Å². The van der Waals surface area contributed by atoms with E-state index in [1.807, 2.05) is 36.4 Å². The van der Waals surface area contributed by atoms with Crippen molar-refractivity contribution in [3.8, 4) is 0 Å². The molecule has 4 aromatic rings. The van der Waals surface area contributed by atoms with Crippen LogP contribution in [0.25, 0.3) is 0 Å². The zero-order valence-electron chi connectivity index (χ0n) is 22.2. The molecule has 0 saturated heterocycles. The quantitative estimate of drug-likeness (QED) is 0.0872. The molecule has 0 amide bonds. The number of azo groups is 2. The van der Waals surface area contributed by atoms with E-state index >= 15 is 0 Å². The van der Waals surface area contributed by atoms with Gasteiger partial charge in [0.1, 0.15) is 0 Å². The van der Waals surface area contributed by atoms with Crippen LogP contribution < -0.4 is 0 Å². The fourth-order valence-electron chi connectivity index (χ4n) is 3.24. The molecule has 0 unspecified atom stereocenters. The van der Waals surface area contributed by atoms with Gasteiger partial charge in [0.25, 0.3) is 20.2 Å². The molecule has 0 aliphatic heterocycles. The first-order valence-corrected chi connectivity index (χ1v) is 15.4. The average Bonchev–Trinajstić information content (AvgIpc) is 3.01. The van der Waals surface area contributed by atoms with E-state index in [0.29, 0.717) is 22.7 Å². The molecule has 10 nitrogen and oxygen atoms in total. The number of nitrogens with zero attached hydrogens (tertiary/aromatic N) is 4. The van der Waals surface area contributed by atoms with Gasteiger partial charge in [0.15, 0.2) is 0 Å². The Morgan fingerprint density at radius 2 is 0.762 bits per heavy atom. The summed E-state index contributed by atoms with van der Waals surface area (Å²) in [7, 11) is -7.95. The zero-order valence-corrected chi connectivity index (χ0v) is 23.8. The number of hydrogen-bond donors (Lipinski definition) is 0. The average molecular weight is 603 g/mol. The van der Waals surface area contributed by atoms with Gasteiger partial charge in [-0.1, -0.05) is 60.7 Å². The van der Waals surface area contributed by atoms with Gasteiger partial charge in [0.2, 0.25) is 0 Å². The summed E-state index contributed by atoms with van der Waals surface area (Å²) in [5, 5.41) is 16.3. The van der Waals surface area contributed by atoms with Crippen molar-refractivity contribution in [3.05, 3.63) is 133 Å². The highest BCUT2D eigenvalue weighted by Crippen LogP contribution is 2.22. The number of benzene rings is 4. The molecule has 0 atom stereocenters. The summed E-state index contributed by atoms with van der Waals surface area (Å²) in [6, 6.07) is 30.0. The lowest BCUT2D eigenvalue weighted by Gasteiger charge is -2.04. The van der Waals surface area contributed by atoms with Gasteiger partial charge < -0.3 is 0 Å². The lowest BCUT2D eigenvalue weighted by molar-refractivity contribution is 0.355. The molecule has 42 heavy (non-hydrogen) atoms. The minimum absolute atomic E-state index is 0.0176. The Bertz CT molecular complexity index is 1640. The van der Waals surface area contributed by atoms with Gasteiger partial charge in [-0.3, -0.25) is 8.37 Å². The van der Waals surface area contributed by atoms with E-state index in [4.69, 9.17) is 8.37 Å². The maximum atomic E-state index is 12.4. The summed E-state index contributed by atoms with van der Waals surface area (Å²) in [4.78, 5) is -0.0352. The third-order valence-corrected chi connectivity index (χ3v) is 7.94. The van der Waals surface area contributed by atoms with Gasteiger partial charge in [-0.2, -0.15) is 37.3 Å². The lowest BCUT2D eigenvalue weighted by Crippen LogP contribution is -2.06. The highest BCUT2D eigenvalue weighted by Gasteiger charge is 2.15. The molecule has 0 aliphatic rings. The zero-order chi connectivity index (χ0) is 29.7. The summed E-state index contributed by atoms with van der Waals surface area (Å²) in [5.74, 6) is 0. The first-order valence-electron chi connectivity index (χ1n) is 12.6. The first-order chi connectivity index (χ1) is 20.3. The molecule has 0 radical (unpaired) electrons. The normalized spacial score (nSPS) is 12.7. The molecule has 0 aliphatic carbocycles. The molecule has 0 fully saturated rings. The Hall–Kier alpha value is -4.62. The van der Waals surface area contributed by atoms with E-state index in [-0.39, 0.29) is 23.0 Å². The smallest absolute Gasteiger partial charge is 0.262 e. The van der Waals surface area contributed by atoms with Crippen LogP contribution in [-0.2, 0) is 28.6 Å². The van der Waals surface area contributed by atoms with E-state index in [2.05, 4.69) is 20.5 Å². The summed E-state index contributed by atoms with van der Waals surface area (Å²) < 4.78 is 59.6. The third-order valence-electron chi connectivity index (χ3n) is 5.35. The topological polar surface area (TPSA) is 136 Å². The predicted octanol–water partition coefficient (Wildman–Crippen LogP) is 7.74. The van der Waals surface area contributed by atoms with Gasteiger partial charge in [0.05, 0.1) is 45.8 Å². The molecular formula is C30H26N4O6S2. The molecule has 0 saturated carbocycles. The number of allylic oxidation sites excluding steroid dienone is 2. The minimum Gasteiger partial charge on any atom is -0.262 e. The fraction of sp³-hybridized carbons (Fsp3) is 0.0667. The van der Waals surface area contributed by atoms with Crippen molar-refractivity contribution in [2.24, 2.45) is 20.5 Å². The van der Waals surface area contributed by atoms with E-state index in [0.717, 1.165) is 0 Å². The van der Waals surface area contributed by atoms with Crippen molar-refractivity contribution >= 4 is 43.0 Å². The van der Waals surface area contributed by atoms with Crippen LogP contribution in [0.5, 0.6) is 0 Å². The molecule has 0 bridgehead atoms. The van der Waals surface area contributed by atoms with Gasteiger partial charge in [0, 0.05) is 0 Å². The second-order valence-corrected chi connectivity index (χ2v) is 11.6. The van der Waals surface area contributed by atoms with Crippen molar-refractivity contribution in [2.45, 2.75) is 9.79 Å². The van der Waals surface area contributed by atoms with Crippen LogP contribution >= 0.6 is 0 Å². The van der Waals surface area contributed by atoms with E-state index < -0.39 is 20.2 Å². The molecule has 0 aromatic heterocycles. The summed E-state index contributed by atoms with van der Waals surface area (Å²) in [6.07, 6.45) is 5.97. The van der Waals surface area contributed by atoms with Crippen molar-refractivity contribution in [1.82, 2.24) is 0 Å². The van der Waals surface area contributed by atoms with E-state index in [9.17, 15) is 16.8 Å². The Morgan fingerprint density at radius 1 is 0.452 bits per heavy atom. The maximum Gasteiger partial charge on any atom is 0.297 e. The minimum atomic E-state index is -3.98. The van der Waals surface area contributed by atoms with Crippen molar-refractivity contribution < 1.29 is 25.2 Å². The van der Waals surface area contributed by atoms with Crippen LogP contribution in [0.1, 0.15) is 0 Å². The van der Waals surface area contributed by atoms with Gasteiger partial charge >= 0.3 is 0 Å². The summed E-state index contributed by atoms with van der Waals surface area (Å²) >= 11 is 0. The summed E-state index contributed by atoms with van der Waals surface area (Å²) in [6.45, 7) is -0.426. The molecule has 214 valence electrons. The van der Waals surface area contributed by atoms with Crippen molar-refractivity contribution in [2.75, 3.05) is 13.2 Å². The monoisotopic (exact) mass is 602 g/mol. The van der Waals surface area contributed by atoms with Gasteiger partial charge in [-0.25, -0.2) is 0 Å². The van der Waals surface area contributed by atoms with Crippen LogP contribution in [-0.4, -0.2) is 30.0 Å².